The highest BCUT2D eigenvalue weighted by Crippen LogP contribution is 2.40. The van der Waals surface area contributed by atoms with Gasteiger partial charge >= 0.3 is 0 Å². The minimum atomic E-state index is -0.320. The molecule has 2 N–H and O–H groups in total. The highest BCUT2D eigenvalue weighted by molar-refractivity contribution is 6.00. The Morgan fingerprint density at radius 3 is 2.46 bits per heavy atom. The Balaban J connectivity index is 1.36. The first-order valence-corrected chi connectivity index (χ1v) is 11.9. The predicted molar refractivity (Wildman–Crippen MR) is 131 cm³/mol. The molecule has 1 saturated heterocycles. The van der Waals surface area contributed by atoms with Crippen molar-refractivity contribution in [1.29, 1.82) is 0 Å². The van der Waals surface area contributed by atoms with Crippen molar-refractivity contribution < 1.29 is 24.5 Å². The number of phenols is 2. The van der Waals surface area contributed by atoms with Crippen LogP contribution in [0, 0.1) is 6.92 Å². The predicted octanol–water partition coefficient (Wildman–Crippen LogP) is 3.97. The Kier molecular flexibility index (Phi) is 6.61. The molecule has 0 spiro atoms. The van der Waals surface area contributed by atoms with Gasteiger partial charge in [-0.15, -0.1) is 0 Å². The second-order valence-electron chi connectivity index (χ2n) is 9.17. The zero-order chi connectivity index (χ0) is 24.4. The molecule has 0 aliphatic carbocycles. The Bertz CT molecular complexity index is 1220. The van der Waals surface area contributed by atoms with E-state index < -0.39 is 0 Å². The summed E-state index contributed by atoms with van der Waals surface area (Å²) in [6.07, 6.45) is 0. The lowest BCUT2D eigenvalue weighted by Crippen LogP contribution is -2.35. The average molecular weight is 475 g/mol. The number of nitrogens with zero attached hydrogens (tertiary/aromatic N) is 2. The van der Waals surface area contributed by atoms with Gasteiger partial charge in [0.1, 0.15) is 29.4 Å². The normalized spacial score (nSPS) is 15.7. The summed E-state index contributed by atoms with van der Waals surface area (Å²) in [6, 6.07) is 17.2. The van der Waals surface area contributed by atoms with Gasteiger partial charge in [0.05, 0.1) is 13.2 Å². The van der Waals surface area contributed by atoms with E-state index in [0.29, 0.717) is 18.7 Å². The minimum absolute atomic E-state index is 0.0811. The Hall–Kier alpha value is -3.55. The number of fused-ring (bicyclic) bond motifs is 1. The van der Waals surface area contributed by atoms with Crippen LogP contribution in [-0.2, 0) is 31.0 Å². The van der Waals surface area contributed by atoms with Gasteiger partial charge in [-0.2, -0.15) is 0 Å². The van der Waals surface area contributed by atoms with Crippen molar-refractivity contribution in [3.05, 3.63) is 88.0 Å². The van der Waals surface area contributed by atoms with Gasteiger partial charge in [-0.05, 0) is 29.2 Å². The van der Waals surface area contributed by atoms with Crippen molar-refractivity contribution >= 4 is 5.91 Å². The van der Waals surface area contributed by atoms with Gasteiger partial charge in [0.15, 0.2) is 0 Å². The van der Waals surface area contributed by atoms with Crippen LogP contribution in [-0.4, -0.2) is 52.2 Å². The first kappa shape index (κ1) is 23.2. The molecule has 0 unspecified atom stereocenters. The van der Waals surface area contributed by atoms with Crippen molar-refractivity contribution in [3.8, 4) is 17.2 Å². The van der Waals surface area contributed by atoms with E-state index in [4.69, 9.17) is 9.47 Å². The number of carbonyl (C=O) groups is 1. The molecule has 3 aromatic rings. The third-order valence-electron chi connectivity index (χ3n) is 6.71. The third-order valence-corrected chi connectivity index (χ3v) is 6.71. The fourth-order valence-corrected chi connectivity index (χ4v) is 4.71. The molecule has 7 nitrogen and oxygen atoms in total. The number of phenolic OH excluding ortho intramolecular Hbond substituents is 2. The van der Waals surface area contributed by atoms with Crippen LogP contribution in [0.15, 0.2) is 54.6 Å². The Morgan fingerprint density at radius 2 is 1.69 bits per heavy atom. The molecule has 0 aromatic heterocycles. The first-order valence-electron chi connectivity index (χ1n) is 11.9. The summed E-state index contributed by atoms with van der Waals surface area (Å²) in [7, 11) is 0. The molecule has 2 aliphatic heterocycles. The van der Waals surface area contributed by atoms with Gasteiger partial charge in [-0.1, -0.05) is 48.5 Å². The molecule has 5 rings (SSSR count). The molecule has 0 atom stereocenters. The molecular formula is C28H30N2O5. The lowest BCUT2D eigenvalue weighted by atomic mass is 10.1. The monoisotopic (exact) mass is 474 g/mol. The van der Waals surface area contributed by atoms with Crippen LogP contribution in [0.1, 0.15) is 38.2 Å². The number of hydrogen-bond donors (Lipinski definition) is 2. The van der Waals surface area contributed by atoms with E-state index >= 15 is 0 Å². The van der Waals surface area contributed by atoms with Crippen LogP contribution in [0.2, 0.25) is 0 Å². The smallest absolute Gasteiger partial charge is 0.262 e. The first-order chi connectivity index (χ1) is 17.0. The zero-order valence-electron chi connectivity index (χ0n) is 19.9. The highest BCUT2D eigenvalue weighted by Gasteiger charge is 2.30. The van der Waals surface area contributed by atoms with Crippen LogP contribution < -0.4 is 4.74 Å². The summed E-state index contributed by atoms with van der Waals surface area (Å²) in [6.45, 7) is 7.05. The van der Waals surface area contributed by atoms with Crippen LogP contribution in [0.25, 0.3) is 0 Å². The molecule has 7 heteroatoms. The Morgan fingerprint density at radius 1 is 0.943 bits per heavy atom. The van der Waals surface area contributed by atoms with Gasteiger partial charge in [0.2, 0.25) is 0 Å². The number of carbonyl (C=O) groups excluding carboxylic acids is 1. The summed E-state index contributed by atoms with van der Waals surface area (Å²) in [5.74, 6) is -0.510. The van der Waals surface area contributed by atoms with Gasteiger partial charge in [0, 0.05) is 44.4 Å². The largest absolute Gasteiger partial charge is 0.507 e. The molecule has 2 heterocycles. The number of morpholine rings is 1. The molecule has 1 amide bonds. The van der Waals surface area contributed by atoms with Gasteiger partial charge in [-0.3, -0.25) is 9.69 Å². The van der Waals surface area contributed by atoms with Crippen molar-refractivity contribution in [2.45, 2.75) is 33.2 Å². The second kappa shape index (κ2) is 9.98. The van der Waals surface area contributed by atoms with Crippen LogP contribution >= 0.6 is 0 Å². The number of ether oxygens (including phenoxy) is 2. The van der Waals surface area contributed by atoms with E-state index in [2.05, 4.69) is 23.1 Å². The maximum Gasteiger partial charge on any atom is 0.262 e. The van der Waals surface area contributed by atoms with E-state index in [9.17, 15) is 15.0 Å². The van der Waals surface area contributed by atoms with Gasteiger partial charge in [0.25, 0.3) is 5.91 Å². The Labute approximate surface area is 205 Å². The number of rotatable bonds is 6. The standard InChI is InChI=1S/C28H30N2O5/c1-19-24(31)14-25(32)26(27(19)35-18-20-5-3-2-4-6-20)28(33)30-16-22-8-7-21(13-23(22)17-30)15-29-9-11-34-12-10-29/h2-8,13-14,31-32H,9-12,15-18H2,1H3. The molecule has 1 fully saturated rings. The minimum Gasteiger partial charge on any atom is -0.507 e. The molecule has 35 heavy (non-hydrogen) atoms. The molecule has 0 radical (unpaired) electrons. The lowest BCUT2D eigenvalue weighted by Gasteiger charge is -2.26. The van der Waals surface area contributed by atoms with E-state index in [1.807, 2.05) is 30.3 Å². The molecule has 182 valence electrons. The number of amides is 1. The number of benzene rings is 3. The maximum atomic E-state index is 13.6. The van der Waals surface area contributed by atoms with E-state index in [1.165, 1.54) is 11.6 Å². The summed E-state index contributed by atoms with van der Waals surface area (Å²) in [4.78, 5) is 17.7. The van der Waals surface area contributed by atoms with E-state index in [-0.39, 0.29) is 35.3 Å². The average Bonchev–Trinajstić information content (AvgIpc) is 3.30. The maximum absolute atomic E-state index is 13.6. The molecule has 3 aromatic carbocycles. The topological polar surface area (TPSA) is 82.5 Å². The highest BCUT2D eigenvalue weighted by atomic mass is 16.5. The van der Waals surface area contributed by atoms with E-state index in [0.717, 1.165) is 49.5 Å². The zero-order valence-corrected chi connectivity index (χ0v) is 19.9. The fourth-order valence-electron chi connectivity index (χ4n) is 4.71. The third kappa shape index (κ3) is 4.97. The summed E-state index contributed by atoms with van der Waals surface area (Å²) < 4.78 is 11.4. The van der Waals surface area contributed by atoms with Crippen molar-refractivity contribution in [2.24, 2.45) is 0 Å². The number of hydrogen-bond acceptors (Lipinski definition) is 6. The van der Waals surface area contributed by atoms with Crippen molar-refractivity contribution in [2.75, 3.05) is 26.3 Å². The molecule has 0 saturated carbocycles. The number of aromatic hydroxyl groups is 2. The van der Waals surface area contributed by atoms with E-state index in [1.54, 1.807) is 11.8 Å². The lowest BCUT2D eigenvalue weighted by molar-refractivity contribution is 0.0342. The van der Waals surface area contributed by atoms with Crippen molar-refractivity contribution in [3.63, 3.8) is 0 Å². The van der Waals surface area contributed by atoms with Crippen LogP contribution in [0.3, 0.4) is 0 Å². The summed E-state index contributed by atoms with van der Waals surface area (Å²) >= 11 is 0. The molecular weight excluding hydrogens is 444 g/mol. The van der Waals surface area contributed by atoms with Crippen LogP contribution in [0.5, 0.6) is 17.2 Å². The molecule has 0 bridgehead atoms. The summed E-state index contributed by atoms with van der Waals surface area (Å²) in [5.41, 5.74) is 4.87. The van der Waals surface area contributed by atoms with Gasteiger partial charge in [-0.25, -0.2) is 0 Å². The fraction of sp³-hybridized carbons (Fsp3) is 0.321. The quantitative estimate of drug-likeness (QED) is 0.563. The van der Waals surface area contributed by atoms with Gasteiger partial charge < -0.3 is 24.6 Å². The molecule has 2 aliphatic rings. The second-order valence-corrected chi connectivity index (χ2v) is 9.17. The van der Waals surface area contributed by atoms with Crippen molar-refractivity contribution in [1.82, 2.24) is 9.80 Å². The van der Waals surface area contributed by atoms with Crippen LogP contribution in [0.4, 0.5) is 0 Å². The summed E-state index contributed by atoms with van der Waals surface area (Å²) in [5, 5.41) is 20.9. The SMILES string of the molecule is Cc1c(O)cc(O)c(C(=O)N2Cc3ccc(CN4CCOCC4)cc3C2)c1OCc1ccccc1.